The van der Waals surface area contributed by atoms with Crippen molar-refractivity contribution in [2.45, 2.75) is 26.3 Å². The molecule has 3 N–H and O–H groups in total. The predicted molar refractivity (Wildman–Crippen MR) is 83.3 cm³/mol. The van der Waals surface area contributed by atoms with Gasteiger partial charge in [-0.15, -0.1) is 0 Å². The van der Waals surface area contributed by atoms with Crippen LogP contribution in [0.1, 0.15) is 29.3 Å². The van der Waals surface area contributed by atoms with Crippen LogP contribution in [-0.4, -0.2) is 39.4 Å². The monoisotopic (exact) mass is 312 g/mol. The van der Waals surface area contributed by atoms with Crippen molar-refractivity contribution in [3.8, 4) is 0 Å². The van der Waals surface area contributed by atoms with Gasteiger partial charge in [0.25, 0.3) is 0 Å². The zero-order valence-corrected chi connectivity index (χ0v) is 13.1. The van der Waals surface area contributed by atoms with Gasteiger partial charge in [-0.3, -0.25) is 4.21 Å². The number of amides is 2. The molecule has 0 bridgehead atoms. The lowest BCUT2D eigenvalue weighted by atomic mass is 10.1. The second-order valence-electron chi connectivity index (χ2n) is 4.87. The molecule has 0 fully saturated rings. The molecular formula is C14H20N2O4S. The number of carbonyl (C=O) groups excluding carboxylic acids is 1. The Kier molecular flexibility index (Phi) is 6.36. The van der Waals surface area contributed by atoms with Crippen molar-refractivity contribution in [2.24, 2.45) is 0 Å². The lowest BCUT2D eigenvalue weighted by molar-refractivity contribution is 0.0697. The molecule has 2 unspecified atom stereocenters. The van der Waals surface area contributed by atoms with Crippen LogP contribution in [0.3, 0.4) is 0 Å². The molecule has 0 aromatic heterocycles. The van der Waals surface area contributed by atoms with E-state index in [4.69, 9.17) is 0 Å². The number of aryl methyl sites for hydroxylation is 1. The maximum Gasteiger partial charge on any atom is 0.338 e. The van der Waals surface area contributed by atoms with E-state index >= 15 is 0 Å². The van der Waals surface area contributed by atoms with Gasteiger partial charge in [0, 0.05) is 28.9 Å². The van der Waals surface area contributed by atoms with Crippen LogP contribution < -0.4 is 10.6 Å². The van der Waals surface area contributed by atoms with Crippen molar-refractivity contribution in [1.29, 1.82) is 0 Å². The Bertz CT molecular complexity index is 560. The molecule has 0 saturated carbocycles. The largest absolute Gasteiger partial charge is 0.478 e. The Morgan fingerprint density at radius 1 is 1.38 bits per heavy atom. The van der Waals surface area contributed by atoms with E-state index < -0.39 is 22.8 Å². The van der Waals surface area contributed by atoms with Crippen LogP contribution in [0, 0.1) is 6.92 Å². The standard InChI is InChI=1S/C14H20N2O4S/c1-9-5-4-6-11(12(9)13(17)18)16-14(19)15-10(2)7-8-21(3)20/h4-6,10H,7-8H2,1-3H3,(H,17,18)(H2,15,16,19). The molecule has 2 atom stereocenters. The molecule has 0 radical (unpaired) electrons. The number of nitrogens with one attached hydrogen (secondary N) is 2. The van der Waals surface area contributed by atoms with E-state index in [1.54, 1.807) is 38.3 Å². The molecule has 0 aliphatic rings. The number of carboxylic acids is 1. The molecule has 116 valence electrons. The van der Waals surface area contributed by atoms with Crippen LogP contribution in [0.5, 0.6) is 0 Å². The third-order valence-electron chi connectivity index (χ3n) is 2.95. The highest BCUT2D eigenvalue weighted by Crippen LogP contribution is 2.19. The minimum Gasteiger partial charge on any atom is -0.478 e. The summed E-state index contributed by atoms with van der Waals surface area (Å²) in [4.78, 5) is 23.1. The first-order valence-corrected chi connectivity index (χ1v) is 8.24. The summed E-state index contributed by atoms with van der Waals surface area (Å²) in [5.74, 6) is -0.579. The van der Waals surface area contributed by atoms with Gasteiger partial charge in [0.05, 0.1) is 11.3 Å². The third kappa shape index (κ3) is 5.55. The summed E-state index contributed by atoms with van der Waals surface area (Å²) in [7, 11) is -0.901. The van der Waals surface area contributed by atoms with Crippen LogP contribution in [0.25, 0.3) is 0 Å². The number of aromatic carboxylic acids is 1. The van der Waals surface area contributed by atoms with Crippen LogP contribution >= 0.6 is 0 Å². The molecule has 0 spiro atoms. The summed E-state index contributed by atoms with van der Waals surface area (Å²) < 4.78 is 11.0. The Labute approximate surface area is 126 Å². The van der Waals surface area contributed by atoms with E-state index in [1.165, 1.54) is 0 Å². The van der Waals surface area contributed by atoms with Crippen molar-refractivity contribution in [2.75, 3.05) is 17.3 Å². The van der Waals surface area contributed by atoms with E-state index in [1.807, 2.05) is 0 Å². The van der Waals surface area contributed by atoms with Crippen LogP contribution in [0.4, 0.5) is 10.5 Å². The summed E-state index contributed by atoms with van der Waals surface area (Å²) in [6.07, 6.45) is 2.20. The first kappa shape index (κ1) is 17.2. The van der Waals surface area contributed by atoms with Crippen LogP contribution in [-0.2, 0) is 10.8 Å². The minimum absolute atomic E-state index is 0.0787. The molecule has 2 amide bonds. The first-order valence-electron chi connectivity index (χ1n) is 6.51. The van der Waals surface area contributed by atoms with Gasteiger partial charge in [0.15, 0.2) is 0 Å². The van der Waals surface area contributed by atoms with E-state index in [2.05, 4.69) is 10.6 Å². The number of benzene rings is 1. The van der Waals surface area contributed by atoms with Gasteiger partial charge >= 0.3 is 12.0 Å². The van der Waals surface area contributed by atoms with Gasteiger partial charge in [-0.25, -0.2) is 9.59 Å². The number of hydrogen-bond donors (Lipinski definition) is 3. The number of anilines is 1. The maximum atomic E-state index is 11.9. The summed E-state index contributed by atoms with van der Waals surface area (Å²) in [5, 5.41) is 14.4. The van der Waals surface area contributed by atoms with Gasteiger partial charge in [-0.2, -0.15) is 0 Å². The molecule has 0 heterocycles. The highest BCUT2D eigenvalue weighted by Gasteiger charge is 2.15. The highest BCUT2D eigenvalue weighted by atomic mass is 32.2. The molecule has 1 aromatic rings. The Hall–Kier alpha value is -1.89. The van der Waals surface area contributed by atoms with Crippen molar-refractivity contribution in [3.05, 3.63) is 29.3 Å². The molecule has 0 saturated heterocycles. The quantitative estimate of drug-likeness (QED) is 0.748. The van der Waals surface area contributed by atoms with Crippen molar-refractivity contribution in [1.82, 2.24) is 5.32 Å². The molecule has 21 heavy (non-hydrogen) atoms. The topological polar surface area (TPSA) is 95.5 Å². The van der Waals surface area contributed by atoms with Gasteiger partial charge in [-0.05, 0) is 31.9 Å². The summed E-state index contributed by atoms with van der Waals surface area (Å²) in [6, 6.07) is 4.28. The van der Waals surface area contributed by atoms with Gasteiger partial charge < -0.3 is 15.7 Å². The summed E-state index contributed by atoms with van der Waals surface area (Å²) >= 11 is 0. The Morgan fingerprint density at radius 3 is 2.62 bits per heavy atom. The maximum absolute atomic E-state index is 11.9. The highest BCUT2D eigenvalue weighted by molar-refractivity contribution is 7.84. The fraction of sp³-hybridized carbons (Fsp3) is 0.429. The fourth-order valence-electron chi connectivity index (χ4n) is 1.85. The molecule has 7 heteroatoms. The normalized spacial score (nSPS) is 13.3. The Balaban J connectivity index is 2.69. The molecule has 6 nitrogen and oxygen atoms in total. The van der Waals surface area contributed by atoms with Crippen LogP contribution in [0.2, 0.25) is 0 Å². The SMILES string of the molecule is Cc1cccc(NC(=O)NC(C)CCS(C)=O)c1C(=O)O. The summed E-state index contributed by atoms with van der Waals surface area (Å²) in [5.41, 5.74) is 0.913. The fourth-order valence-corrected chi connectivity index (χ4v) is 2.54. The minimum atomic E-state index is -1.09. The second-order valence-corrected chi connectivity index (χ2v) is 6.42. The number of carbonyl (C=O) groups is 2. The van der Waals surface area contributed by atoms with E-state index in [9.17, 15) is 18.9 Å². The van der Waals surface area contributed by atoms with Gasteiger partial charge in [0.2, 0.25) is 0 Å². The molecule has 0 aliphatic carbocycles. The zero-order valence-electron chi connectivity index (χ0n) is 12.3. The number of urea groups is 1. The summed E-state index contributed by atoms with van der Waals surface area (Å²) in [6.45, 7) is 3.48. The van der Waals surface area contributed by atoms with Crippen molar-refractivity contribution < 1.29 is 18.9 Å². The smallest absolute Gasteiger partial charge is 0.338 e. The van der Waals surface area contributed by atoms with Gasteiger partial charge in [0.1, 0.15) is 0 Å². The average molecular weight is 312 g/mol. The lowest BCUT2D eigenvalue weighted by Gasteiger charge is -2.15. The molecule has 0 aliphatic heterocycles. The molecule has 1 aromatic carbocycles. The van der Waals surface area contributed by atoms with Crippen molar-refractivity contribution >= 4 is 28.5 Å². The number of hydrogen-bond acceptors (Lipinski definition) is 3. The van der Waals surface area contributed by atoms with E-state index in [-0.39, 0.29) is 17.3 Å². The first-order chi connectivity index (χ1) is 9.81. The van der Waals surface area contributed by atoms with Gasteiger partial charge in [-0.1, -0.05) is 12.1 Å². The number of carboxylic acid groups (broad SMARTS) is 1. The second kappa shape index (κ2) is 7.78. The molecular weight excluding hydrogens is 292 g/mol. The van der Waals surface area contributed by atoms with E-state index in [0.29, 0.717) is 17.7 Å². The number of rotatable bonds is 6. The van der Waals surface area contributed by atoms with Crippen LogP contribution in [0.15, 0.2) is 18.2 Å². The van der Waals surface area contributed by atoms with Crippen molar-refractivity contribution in [3.63, 3.8) is 0 Å². The Morgan fingerprint density at radius 2 is 2.05 bits per heavy atom. The molecule has 1 rings (SSSR count). The zero-order chi connectivity index (χ0) is 16.0. The third-order valence-corrected chi connectivity index (χ3v) is 3.76. The predicted octanol–water partition coefficient (Wildman–Crippen LogP) is 1.97. The van der Waals surface area contributed by atoms with E-state index in [0.717, 1.165) is 0 Å². The average Bonchev–Trinajstić information content (AvgIpc) is 2.35. The lowest BCUT2D eigenvalue weighted by Crippen LogP contribution is -2.37.